The van der Waals surface area contributed by atoms with E-state index < -0.39 is 0 Å². The lowest BCUT2D eigenvalue weighted by molar-refractivity contribution is 0.0500. The molecule has 6 heteroatoms. The summed E-state index contributed by atoms with van der Waals surface area (Å²) < 4.78 is 7.45. The van der Waals surface area contributed by atoms with E-state index in [2.05, 4.69) is 51.3 Å². The number of nitrogens with zero attached hydrogens (tertiary/aromatic N) is 4. The molecule has 0 aliphatic carbocycles. The van der Waals surface area contributed by atoms with Crippen molar-refractivity contribution in [3.05, 3.63) is 78.1 Å². The fourth-order valence-corrected chi connectivity index (χ4v) is 4.30. The first-order valence-corrected chi connectivity index (χ1v) is 11.1. The Morgan fingerprint density at radius 2 is 1.90 bits per heavy atom. The van der Waals surface area contributed by atoms with Crippen molar-refractivity contribution in [2.24, 2.45) is 0 Å². The molecule has 1 N–H and O–H groups in total. The van der Waals surface area contributed by atoms with E-state index in [9.17, 15) is 5.11 Å². The van der Waals surface area contributed by atoms with E-state index in [1.54, 1.807) is 6.20 Å². The zero-order valence-electron chi connectivity index (χ0n) is 18.2. The van der Waals surface area contributed by atoms with Gasteiger partial charge in [0.25, 0.3) is 0 Å². The third-order valence-electron chi connectivity index (χ3n) is 5.86. The molecule has 3 aromatic rings. The summed E-state index contributed by atoms with van der Waals surface area (Å²) in [4.78, 5) is 5.00. The maximum Gasteiger partial charge on any atom is 0.119 e. The molecule has 2 aromatic carbocycles. The van der Waals surface area contributed by atoms with E-state index in [1.165, 1.54) is 11.1 Å². The highest BCUT2D eigenvalue weighted by Gasteiger charge is 2.26. The maximum atomic E-state index is 9.64. The molecule has 1 aromatic heterocycles. The molecule has 1 aliphatic rings. The second-order valence-electron chi connectivity index (χ2n) is 8.07. The number of aliphatic hydroxyl groups is 1. The SMILES string of the molecule is CCOc1ccc(CN2CCN(Cc3cccc(-n4cccn4)c3)C[C@H]2CCO)cc1. The molecule has 0 unspecified atom stereocenters. The summed E-state index contributed by atoms with van der Waals surface area (Å²) in [5.74, 6) is 0.917. The molecule has 31 heavy (non-hydrogen) atoms. The number of benzene rings is 2. The molecule has 0 amide bonds. The Hall–Kier alpha value is -2.67. The van der Waals surface area contributed by atoms with Crippen LogP contribution in [0.3, 0.4) is 0 Å². The van der Waals surface area contributed by atoms with Crippen LogP contribution in [0.5, 0.6) is 5.75 Å². The van der Waals surface area contributed by atoms with Crippen molar-refractivity contribution in [2.45, 2.75) is 32.5 Å². The summed E-state index contributed by atoms with van der Waals surface area (Å²) in [5, 5.41) is 14.0. The molecule has 0 spiro atoms. The highest BCUT2D eigenvalue weighted by atomic mass is 16.5. The van der Waals surface area contributed by atoms with Gasteiger partial charge in [-0.1, -0.05) is 24.3 Å². The number of aromatic nitrogens is 2. The highest BCUT2D eigenvalue weighted by Crippen LogP contribution is 2.21. The molecule has 1 atom stereocenters. The number of ether oxygens (including phenoxy) is 1. The van der Waals surface area contributed by atoms with Crippen molar-refractivity contribution in [1.82, 2.24) is 19.6 Å². The first-order valence-electron chi connectivity index (χ1n) is 11.1. The lowest BCUT2D eigenvalue weighted by Crippen LogP contribution is -2.52. The van der Waals surface area contributed by atoms with Crippen LogP contribution in [0.2, 0.25) is 0 Å². The van der Waals surface area contributed by atoms with Gasteiger partial charge < -0.3 is 9.84 Å². The Kier molecular flexibility index (Phi) is 7.35. The van der Waals surface area contributed by atoms with E-state index in [0.717, 1.165) is 50.6 Å². The van der Waals surface area contributed by atoms with Crippen LogP contribution < -0.4 is 4.74 Å². The topological polar surface area (TPSA) is 53.8 Å². The molecule has 2 heterocycles. The van der Waals surface area contributed by atoms with Gasteiger partial charge in [0.1, 0.15) is 5.75 Å². The fourth-order valence-electron chi connectivity index (χ4n) is 4.30. The average molecular weight is 421 g/mol. The molecule has 1 aliphatic heterocycles. The van der Waals surface area contributed by atoms with Gasteiger partial charge in [0, 0.05) is 57.8 Å². The van der Waals surface area contributed by atoms with Crippen LogP contribution in [-0.4, -0.2) is 63.6 Å². The van der Waals surface area contributed by atoms with E-state index in [1.807, 2.05) is 36.0 Å². The minimum absolute atomic E-state index is 0.215. The van der Waals surface area contributed by atoms with Crippen molar-refractivity contribution in [2.75, 3.05) is 32.8 Å². The van der Waals surface area contributed by atoms with Crippen LogP contribution in [0.25, 0.3) is 5.69 Å². The van der Waals surface area contributed by atoms with Crippen LogP contribution in [-0.2, 0) is 13.1 Å². The molecule has 0 saturated carbocycles. The van der Waals surface area contributed by atoms with E-state index in [4.69, 9.17) is 4.74 Å². The van der Waals surface area contributed by atoms with Gasteiger partial charge >= 0.3 is 0 Å². The predicted molar refractivity (Wildman–Crippen MR) is 122 cm³/mol. The standard InChI is InChI=1S/C25H32N4O2/c1-2-31-25-9-7-21(8-10-25)19-28-15-14-27(20-24(28)11-16-30)18-22-5-3-6-23(17-22)29-13-4-12-26-29/h3-10,12-13,17,24,30H,2,11,14-16,18-20H2,1H3/t24-/m1/s1. The third-order valence-corrected chi connectivity index (χ3v) is 5.86. The quantitative estimate of drug-likeness (QED) is 0.575. The monoisotopic (exact) mass is 420 g/mol. The number of hydrogen-bond acceptors (Lipinski definition) is 5. The zero-order valence-corrected chi connectivity index (χ0v) is 18.2. The van der Waals surface area contributed by atoms with Crippen molar-refractivity contribution < 1.29 is 9.84 Å². The zero-order chi connectivity index (χ0) is 21.5. The number of piperazine rings is 1. The molecular formula is C25H32N4O2. The Labute approximate surface area is 184 Å². The van der Waals surface area contributed by atoms with Crippen LogP contribution in [0.15, 0.2) is 67.0 Å². The normalized spacial score (nSPS) is 17.7. The van der Waals surface area contributed by atoms with Gasteiger partial charge in [0.15, 0.2) is 0 Å². The van der Waals surface area contributed by atoms with Crippen molar-refractivity contribution in [3.63, 3.8) is 0 Å². The highest BCUT2D eigenvalue weighted by molar-refractivity contribution is 5.35. The van der Waals surface area contributed by atoms with Gasteiger partial charge in [-0.2, -0.15) is 5.10 Å². The van der Waals surface area contributed by atoms with Crippen LogP contribution in [0.1, 0.15) is 24.5 Å². The van der Waals surface area contributed by atoms with E-state index >= 15 is 0 Å². The van der Waals surface area contributed by atoms with Gasteiger partial charge in [-0.15, -0.1) is 0 Å². The van der Waals surface area contributed by atoms with Crippen molar-refractivity contribution in [3.8, 4) is 11.4 Å². The van der Waals surface area contributed by atoms with E-state index in [-0.39, 0.29) is 6.61 Å². The first kappa shape index (κ1) is 21.6. The Bertz CT molecular complexity index is 927. The lowest BCUT2D eigenvalue weighted by atomic mass is 10.1. The summed E-state index contributed by atoms with van der Waals surface area (Å²) in [7, 11) is 0. The maximum absolute atomic E-state index is 9.64. The molecular weight excluding hydrogens is 388 g/mol. The van der Waals surface area contributed by atoms with Gasteiger partial charge in [0.05, 0.1) is 12.3 Å². The molecule has 1 saturated heterocycles. The molecule has 1 fully saturated rings. The molecule has 0 bridgehead atoms. The second kappa shape index (κ2) is 10.6. The Balaban J connectivity index is 1.38. The number of aliphatic hydroxyl groups excluding tert-OH is 1. The van der Waals surface area contributed by atoms with E-state index in [0.29, 0.717) is 12.6 Å². The minimum atomic E-state index is 0.215. The minimum Gasteiger partial charge on any atom is -0.494 e. The van der Waals surface area contributed by atoms with Gasteiger partial charge in [-0.3, -0.25) is 9.80 Å². The first-order chi connectivity index (χ1) is 15.2. The number of rotatable bonds is 9. The lowest BCUT2D eigenvalue weighted by Gasteiger charge is -2.41. The molecule has 6 nitrogen and oxygen atoms in total. The van der Waals surface area contributed by atoms with Crippen molar-refractivity contribution in [1.29, 1.82) is 0 Å². The number of hydrogen-bond donors (Lipinski definition) is 1. The largest absolute Gasteiger partial charge is 0.494 e. The second-order valence-corrected chi connectivity index (χ2v) is 8.07. The van der Waals surface area contributed by atoms with Gasteiger partial charge in [-0.25, -0.2) is 4.68 Å². The average Bonchev–Trinajstić information content (AvgIpc) is 3.33. The molecule has 0 radical (unpaired) electrons. The van der Waals surface area contributed by atoms with Gasteiger partial charge in [-0.05, 0) is 54.8 Å². The third kappa shape index (κ3) is 5.73. The Morgan fingerprint density at radius 3 is 2.65 bits per heavy atom. The summed E-state index contributed by atoms with van der Waals surface area (Å²) in [6.45, 7) is 7.69. The summed E-state index contributed by atoms with van der Waals surface area (Å²) in [6.07, 6.45) is 4.56. The summed E-state index contributed by atoms with van der Waals surface area (Å²) in [6, 6.07) is 19.2. The molecule has 164 valence electrons. The Morgan fingerprint density at radius 1 is 1.03 bits per heavy atom. The summed E-state index contributed by atoms with van der Waals surface area (Å²) in [5.41, 5.74) is 3.66. The smallest absolute Gasteiger partial charge is 0.119 e. The predicted octanol–water partition coefficient (Wildman–Crippen LogP) is 3.34. The van der Waals surface area contributed by atoms with Gasteiger partial charge in [0.2, 0.25) is 0 Å². The van der Waals surface area contributed by atoms with Crippen LogP contribution in [0, 0.1) is 0 Å². The van der Waals surface area contributed by atoms with Crippen LogP contribution in [0.4, 0.5) is 0 Å². The molecule has 4 rings (SSSR count). The fraction of sp³-hybridized carbons (Fsp3) is 0.400. The summed E-state index contributed by atoms with van der Waals surface area (Å²) >= 11 is 0. The van der Waals surface area contributed by atoms with Crippen LogP contribution >= 0.6 is 0 Å². The van der Waals surface area contributed by atoms with Crippen molar-refractivity contribution >= 4 is 0 Å².